The van der Waals surface area contributed by atoms with Crippen molar-refractivity contribution in [3.8, 4) is 5.75 Å². The zero-order chi connectivity index (χ0) is 11.7. The van der Waals surface area contributed by atoms with E-state index < -0.39 is 0 Å². The van der Waals surface area contributed by atoms with Gasteiger partial charge in [0.05, 0.1) is 7.11 Å². The molecule has 1 aliphatic heterocycles. The number of anilines is 1. The van der Waals surface area contributed by atoms with Gasteiger partial charge in [0.15, 0.2) is 0 Å². The van der Waals surface area contributed by atoms with Crippen LogP contribution in [0.1, 0.15) is 43.6 Å². The lowest BCUT2D eigenvalue weighted by atomic mass is 9.79. The van der Waals surface area contributed by atoms with Crippen molar-refractivity contribution in [1.29, 1.82) is 0 Å². The second-order valence-electron chi connectivity index (χ2n) is 5.29. The summed E-state index contributed by atoms with van der Waals surface area (Å²) >= 11 is 0. The van der Waals surface area contributed by atoms with Gasteiger partial charge in [-0.25, -0.2) is 0 Å². The predicted molar refractivity (Wildman–Crippen MR) is 70.8 cm³/mol. The number of methoxy groups -OCH3 is 1. The molecule has 0 saturated heterocycles. The molecule has 0 aromatic heterocycles. The molecule has 0 bridgehead atoms. The van der Waals surface area contributed by atoms with Crippen molar-refractivity contribution in [2.45, 2.75) is 38.0 Å². The zero-order valence-corrected chi connectivity index (χ0v) is 10.5. The third-order valence-corrected chi connectivity index (χ3v) is 4.40. The fourth-order valence-electron chi connectivity index (χ4n) is 3.60. The minimum Gasteiger partial charge on any atom is -0.496 e. The first-order valence-electron chi connectivity index (χ1n) is 6.81. The molecule has 1 fully saturated rings. The Morgan fingerprint density at radius 1 is 1.18 bits per heavy atom. The Kier molecular flexibility index (Phi) is 2.96. The molecule has 1 atom stereocenters. The molecular formula is C15H21NO. The van der Waals surface area contributed by atoms with Crippen LogP contribution in [0.15, 0.2) is 18.2 Å². The highest BCUT2D eigenvalue weighted by Gasteiger charge is 2.31. The van der Waals surface area contributed by atoms with E-state index in [0.717, 1.165) is 18.2 Å². The lowest BCUT2D eigenvalue weighted by molar-refractivity contribution is 0.371. The smallest absolute Gasteiger partial charge is 0.124 e. The molecule has 1 unspecified atom stereocenters. The Balaban J connectivity index is 1.99. The van der Waals surface area contributed by atoms with Gasteiger partial charge in [-0.1, -0.05) is 18.9 Å². The van der Waals surface area contributed by atoms with E-state index in [1.165, 1.54) is 43.4 Å². The highest BCUT2D eigenvalue weighted by Crippen LogP contribution is 2.47. The number of fused-ring (bicyclic) bond motifs is 1. The van der Waals surface area contributed by atoms with Gasteiger partial charge in [-0.2, -0.15) is 0 Å². The second kappa shape index (κ2) is 4.59. The lowest BCUT2D eigenvalue weighted by Gasteiger charge is -2.32. The van der Waals surface area contributed by atoms with Crippen LogP contribution < -0.4 is 10.1 Å². The number of hydrogen-bond acceptors (Lipinski definition) is 2. The molecule has 1 aromatic carbocycles. The van der Waals surface area contributed by atoms with Crippen molar-refractivity contribution in [3.63, 3.8) is 0 Å². The maximum atomic E-state index is 5.56. The average Bonchev–Trinajstić information content (AvgIpc) is 2.91. The Bertz CT molecular complexity index is 382. The molecule has 92 valence electrons. The van der Waals surface area contributed by atoms with Crippen LogP contribution in [0.4, 0.5) is 5.69 Å². The third-order valence-electron chi connectivity index (χ3n) is 4.40. The summed E-state index contributed by atoms with van der Waals surface area (Å²) in [6, 6.07) is 6.38. The molecule has 1 aliphatic carbocycles. The van der Waals surface area contributed by atoms with Crippen molar-refractivity contribution >= 4 is 5.69 Å². The summed E-state index contributed by atoms with van der Waals surface area (Å²) in [5.74, 6) is 2.67. The van der Waals surface area contributed by atoms with Crippen LogP contribution in [0.25, 0.3) is 0 Å². The van der Waals surface area contributed by atoms with Crippen LogP contribution in [0, 0.1) is 5.92 Å². The van der Waals surface area contributed by atoms with Crippen LogP contribution in [0.2, 0.25) is 0 Å². The van der Waals surface area contributed by atoms with Crippen molar-refractivity contribution < 1.29 is 4.74 Å². The van der Waals surface area contributed by atoms with E-state index in [0.29, 0.717) is 5.92 Å². The molecule has 1 N–H and O–H groups in total. The molecule has 2 nitrogen and oxygen atoms in total. The van der Waals surface area contributed by atoms with E-state index in [2.05, 4.69) is 23.5 Å². The Hall–Kier alpha value is -1.18. The van der Waals surface area contributed by atoms with E-state index in [1.54, 1.807) is 7.11 Å². The number of rotatable bonds is 2. The SMILES string of the molecule is COc1cccc2c1C(C1CCCC1)CCN2. The Morgan fingerprint density at radius 3 is 2.76 bits per heavy atom. The second-order valence-corrected chi connectivity index (χ2v) is 5.29. The van der Waals surface area contributed by atoms with Gasteiger partial charge >= 0.3 is 0 Å². The molecule has 0 spiro atoms. The minimum absolute atomic E-state index is 0.713. The fourth-order valence-corrected chi connectivity index (χ4v) is 3.60. The monoisotopic (exact) mass is 231 g/mol. The number of nitrogens with one attached hydrogen (secondary N) is 1. The number of ether oxygens (including phenoxy) is 1. The first kappa shape index (κ1) is 10.9. The van der Waals surface area contributed by atoms with Gasteiger partial charge < -0.3 is 10.1 Å². The van der Waals surface area contributed by atoms with Gasteiger partial charge in [0.1, 0.15) is 5.75 Å². The van der Waals surface area contributed by atoms with Crippen molar-refractivity contribution in [3.05, 3.63) is 23.8 Å². The van der Waals surface area contributed by atoms with Gasteiger partial charge in [-0.05, 0) is 43.2 Å². The van der Waals surface area contributed by atoms with Crippen LogP contribution in [-0.4, -0.2) is 13.7 Å². The number of hydrogen-bond donors (Lipinski definition) is 1. The third kappa shape index (κ3) is 1.90. The fraction of sp³-hybridized carbons (Fsp3) is 0.600. The maximum absolute atomic E-state index is 5.56. The van der Waals surface area contributed by atoms with Gasteiger partial charge in [0, 0.05) is 17.8 Å². The van der Waals surface area contributed by atoms with Crippen molar-refractivity contribution in [2.24, 2.45) is 5.92 Å². The van der Waals surface area contributed by atoms with Crippen molar-refractivity contribution in [1.82, 2.24) is 0 Å². The van der Waals surface area contributed by atoms with Crippen LogP contribution >= 0.6 is 0 Å². The summed E-state index contributed by atoms with van der Waals surface area (Å²) in [7, 11) is 1.79. The standard InChI is InChI=1S/C15H21NO/c1-17-14-8-4-7-13-15(14)12(9-10-16-13)11-5-2-3-6-11/h4,7-8,11-12,16H,2-3,5-6,9-10H2,1H3. The summed E-state index contributed by atoms with van der Waals surface area (Å²) in [5.41, 5.74) is 2.74. The molecular weight excluding hydrogens is 210 g/mol. The summed E-state index contributed by atoms with van der Waals surface area (Å²) in [4.78, 5) is 0. The van der Waals surface area contributed by atoms with Crippen LogP contribution in [-0.2, 0) is 0 Å². The van der Waals surface area contributed by atoms with Gasteiger partial charge in [-0.15, -0.1) is 0 Å². The first-order chi connectivity index (χ1) is 8.40. The highest BCUT2D eigenvalue weighted by molar-refractivity contribution is 5.61. The molecule has 0 radical (unpaired) electrons. The largest absolute Gasteiger partial charge is 0.496 e. The minimum atomic E-state index is 0.713. The normalized spacial score (nSPS) is 24.2. The molecule has 2 aliphatic rings. The van der Waals surface area contributed by atoms with Crippen molar-refractivity contribution in [2.75, 3.05) is 19.0 Å². The first-order valence-corrected chi connectivity index (χ1v) is 6.81. The van der Waals surface area contributed by atoms with Crippen LogP contribution in [0.3, 0.4) is 0 Å². The van der Waals surface area contributed by atoms with E-state index >= 15 is 0 Å². The van der Waals surface area contributed by atoms with Gasteiger partial charge in [0.25, 0.3) is 0 Å². The summed E-state index contributed by atoms with van der Waals surface area (Å²) in [6.45, 7) is 1.11. The molecule has 17 heavy (non-hydrogen) atoms. The van der Waals surface area contributed by atoms with E-state index in [1.807, 2.05) is 0 Å². The molecule has 3 rings (SSSR count). The molecule has 1 heterocycles. The Labute approximate surface area is 103 Å². The molecule has 0 amide bonds. The van der Waals surface area contributed by atoms with E-state index in [4.69, 9.17) is 4.74 Å². The van der Waals surface area contributed by atoms with Crippen LogP contribution in [0.5, 0.6) is 5.75 Å². The zero-order valence-electron chi connectivity index (χ0n) is 10.5. The van der Waals surface area contributed by atoms with Gasteiger partial charge in [0.2, 0.25) is 0 Å². The van der Waals surface area contributed by atoms with Gasteiger partial charge in [-0.3, -0.25) is 0 Å². The highest BCUT2D eigenvalue weighted by atomic mass is 16.5. The molecule has 1 aromatic rings. The average molecular weight is 231 g/mol. The summed E-state index contributed by atoms with van der Waals surface area (Å²) in [5, 5.41) is 3.51. The maximum Gasteiger partial charge on any atom is 0.124 e. The summed E-state index contributed by atoms with van der Waals surface area (Å²) in [6.07, 6.45) is 6.90. The summed E-state index contributed by atoms with van der Waals surface area (Å²) < 4.78 is 5.56. The Morgan fingerprint density at radius 2 is 2.00 bits per heavy atom. The number of benzene rings is 1. The van der Waals surface area contributed by atoms with E-state index in [-0.39, 0.29) is 0 Å². The molecule has 2 heteroatoms. The molecule has 1 saturated carbocycles. The van der Waals surface area contributed by atoms with E-state index in [9.17, 15) is 0 Å². The topological polar surface area (TPSA) is 21.3 Å². The lowest BCUT2D eigenvalue weighted by Crippen LogP contribution is -2.22. The predicted octanol–water partition coefficient (Wildman–Crippen LogP) is 3.78. The quantitative estimate of drug-likeness (QED) is 0.836.